The van der Waals surface area contributed by atoms with E-state index in [0.717, 1.165) is 31.7 Å². The second-order valence-corrected chi connectivity index (χ2v) is 27.1. The molecule has 5 aromatic rings. The fraction of sp³-hybridized carbons (Fsp3) is 0.462. The van der Waals surface area contributed by atoms with Gasteiger partial charge in [-0.05, 0) is 56.9 Å². The van der Waals surface area contributed by atoms with E-state index in [4.69, 9.17) is 19.9 Å². The average molecular weight is 1520 g/mol. The number of nitrogen functional groups attached to an aromatic ring is 1. The standard InChI is InChI=1S/C7H3BrF3N3O2S.C7H4F3N3O2S.C6H7F3O3.C3H5N3OS.3CHF3O3S.BHNS.In/c1-16-6-13-14-4(15)2(8)3(7(9,10)11)12-5(14)17-6;1-15-6-12-13-4(14)2-3(7(8,9)10)11-5(13)16-6;1-2-12-5(11)3-4(10)6(7,8)9;1-7-3-6-5-2(4)8-3;3*2-1(3,4)8(5,6)7;1-2-3;/h1H3;2H,1H3;2-3H2,1H3;1H3,(H2,4,5);3*(H,5,6,7);3H;/q;;;;;;;;+3/p-3. The number of anilines is 1. The molecule has 1 radical (unpaired) electrons. The number of aromatic nitrogens is 8. The number of rotatable bonds is 12. The first-order valence-corrected chi connectivity index (χ1v) is 30.0. The molecule has 0 saturated heterocycles. The maximum absolute atomic E-state index is 12.6. The van der Waals surface area contributed by atoms with Crippen LogP contribution in [0, 0.1) is 0 Å². The molecule has 5 heterocycles. The van der Waals surface area contributed by atoms with Crippen LogP contribution in [0.3, 0.4) is 0 Å². The summed E-state index contributed by atoms with van der Waals surface area (Å²) in [6, 6.07) is 0.395. The summed E-state index contributed by atoms with van der Waals surface area (Å²) in [7, 11) is -12.7. The quantitative estimate of drug-likeness (QED) is 0.0411. The second kappa shape index (κ2) is 30.3. The van der Waals surface area contributed by atoms with Gasteiger partial charge in [-0.15, -0.1) is 15.3 Å². The van der Waals surface area contributed by atoms with Gasteiger partial charge in [-0.1, -0.05) is 5.10 Å². The number of halogens is 19. The van der Waals surface area contributed by atoms with E-state index in [0.29, 0.717) is 16.4 Å². The van der Waals surface area contributed by atoms with Gasteiger partial charge in [-0.2, -0.15) is 48.5 Å². The van der Waals surface area contributed by atoms with E-state index in [9.17, 15) is 123 Å². The molecule has 27 nitrogen and oxygen atoms in total. The van der Waals surface area contributed by atoms with Crippen molar-refractivity contribution in [2.75, 3.05) is 33.7 Å². The molecule has 0 aromatic carbocycles. The van der Waals surface area contributed by atoms with E-state index in [1.54, 1.807) is 0 Å². The average Bonchev–Trinajstić information content (AvgIpc) is 4.04. The van der Waals surface area contributed by atoms with E-state index < -0.39 is 133 Å². The molecule has 0 aliphatic carbocycles. The Morgan fingerprint density at radius 1 is 0.691 bits per heavy atom. The van der Waals surface area contributed by atoms with Crippen molar-refractivity contribution in [1.82, 2.24) is 39.4 Å². The second-order valence-electron chi connectivity index (χ2n) is 12.0. The molecule has 0 unspecified atom stereocenters. The zero-order valence-corrected chi connectivity index (χ0v) is 48.9. The first-order valence-electron chi connectivity index (χ1n) is 18.1. The van der Waals surface area contributed by atoms with Gasteiger partial charge in [0.1, 0.15) is 10.9 Å². The Hall–Kier alpha value is -4.52. The molecule has 0 aliphatic heterocycles. The number of esters is 1. The van der Waals surface area contributed by atoms with Crippen molar-refractivity contribution in [2.45, 2.75) is 48.4 Å². The normalized spacial score (nSPS) is 12.3. The first-order chi connectivity index (χ1) is 36.4. The minimum atomic E-state index is -7.19. The molecular weight excluding hydrogens is 1500 g/mol. The third kappa shape index (κ3) is 24.3. The van der Waals surface area contributed by atoms with Crippen molar-refractivity contribution in [3.05, 3.63) is 42.6 Å². The molecule has 0 aliphatic rings. The van der Waals surface area contributed by atoms with Gasteiger partial charge >= 0.3 is 191 Å². The number of nitrogens with zero attached hydrogens (tertiary/aromatic N) is 9. The SMILES string of the molecule is CCOC(=O)CC(=O)C(F)(F)F.COc1nn2c(=O)c(Br)c(C(F)(F)F)nc2s1.COc1nn2c(=O)cc(C(F)(F)F)nc2s1.COc1nnc(N)s1.O=S(=O)([O][In]([O]S(=O)(=O)C(F)(F)F)[O]S(=O)(=O)C(F)(F)F)C(F)(F)F.[B]=NS. The molecule has 55 heteroatoms. The summed E-state index contributed by atoms with van der Waals surface area (Å²) >= 11 is 1.31. The van der Waals surface area contributed by atoms with Gasteiger partial charge in [0.2, 0.25) is 20.8 Å². The summed E-state index contributed by atoms with van der Waals surface area (Å²) in [5, 5.41) is 15.4. The number of carbonyl (C=O) groups is 2. The van der Waals surface area contributed by atoms with Crippen molar-refractivity contribution in [2.24, 2.45) is 4.30 Å². The van der Waals surface area contributed by atoms with E-state index in [-0.39, 0.29) is 26.9 Å². The van der Waals surface area contributed by atoms with Crippen LogP contribution in [0.1, 0.15) is 24.7 Å². The van der Waals surface area contributed by atoms with E-state index in [1.165, 1.54) is 39.6 Å². The molecule has 0 atom stereocenters. The predicted octanol–water partition coefficient (Wildman–Crippen LogP) is 5.07. The van der Waals surface area contributed by atoms with E-state index >= 15 is 0 Å². The number of fused-ring (bicyclic) bond motifs is 2. The van der Waals surface area contributed by atoms with Crippen molar-refractivity contribution < 1.29 is 140 Å². The van der Waals surface area contributed by atoms with Crippen LogP contribution in [0.15, 0.2) is 24.4 Å². The summed E-state index contributed by atoms with van der Waals surface area (Å²) in [5.41, 5.74) is -18.5. The molecule has 5 rings (SSSR count). The van der Waals surface area contributed by atoms with Crippen molar-refractivity contribution in [1.29, 1.82) is 0 Å². The maximum atomic E-state index is 12.6. The van der Waals surface area contributed by atoms with Gasteiger partial charge < -0.3 is 24.7 Å². The Balaban J connectivity index is 0.00000101. The van der Waals surface area contributed by atoms with Crippen LogP contribution in [0.25, 0.3) is 9.92 Å². The van der Waals surface area contributed by atoms with Crippen LogP contribution in [0.4, 0.5) is 84.2 Å². The summed E-state index contributed by atoms with van der Waals surface area (Å²) in [6.45, 7) is 1.40. The van der Waals surface area contributed by atoms with Crippen LogP contribution in [0.5, 0.6) is 15.6 Å². The number of alkyl halides is 18. The fourth-order valence-electron chi connectivity index (χ4n) is 3.37. The Morgan fingerprint density at radius 3 is 1.40 bits per heavy atom. The minimum absolute atomic E-state index is 0.0377. The first kappa shape index (κ1) is 76.5. The van der Waals surface area contributed by atoms with Crippen LogP contribution in [0.2, 0.25) is 0 Å². The number of thiol groups is 1. The Morgan fingerprint density at radius 2 is 1.09 bits per heavy atom. The Labute approximate surface area is 471 Å². The zero-order valence-electron chi connectivity index (χ0n) is 38.3. The Kier molecular flexibility index (Phi) is 28.6. The van der Waals surface area contributed by atoms with Gasteiger partial charge in [0.15, 0.2) is 11.4 Å². The molecular formula is C26H20BBrF18InN10O17S7. The number of nitrogens with two attached hydrogens (primary N) is 1. The third-order valence-electron chi connectivity index (χ3n) is 6.46. The topological polar surface area (TPSA) is 360 Å². The number of hydrogen-bond donors (Lipinski definition) is 2. The molecule has 0 saturated carbocycles. The molecule has 2 N–H and O–H groups in total. The van der Waals surface area contributed by atoms with Gasteiger partial charge in [0, 0.05) is 6.07 Å². The number of carbonyl (C=O) groups excluding carboxylic acids is 2. The van der Waals surface area contributed by atoms with Crippen LogP contribution in [-0.4, -0.2) is 157 Å². The Bertz CT molecular complexity index is 3300. The molecule has 0 spiro atoms. The number of Topliss-reactive ketones (excluding diaryl/α,β-unsaturated/α-hetero) is 1. The monoisotopic (exact) mass is 1510 g/mol. The molecule has 5 aromatic heterocycles. The molecule has 0 amide bonds. The van der Waals surface area contributed by atoms with Crippen molar-refractivity contribution in [3.63, 3.8) is 0 Å². The number of ether oxygens (including phenoxy) is 4. The van der Waals surface area contributed by atoms with Crippen molar-refractivity contribution >= 4 is 150 Å². The van der Waals surface area contributed by atoms with Crippen LogP contribution in [-0.2, 0) is 63.9 Å². The summed E-state index contributed by atoms with van der Waals surface area (Å²) in [5.74, 6) is -3.24. The fourth-order valence-corrected chi connectivity index (χ4v) is 17.6. The zero-order chi connectivity index (χ0) is 63.9. The van der Waals surface area contributed by atoms with Gasteiger partial charge in [-0.3, -0.25) is 19.2 Å². The summed E-state index contributed by atoms with van der Waals surface area (Å²) in [4.78, 5) is 49.7. The van der Waals surface area contributed by atoms with E-state index in [1.807, 2.05) is 0 Å². The predicted molar refractivity (Wildman–Crippen MR) is 239 cm³/mol. The number of hydrogen-bond acceptors (Lipinski definition) is 29. The summed E-state index contributed by atoms with van der Waals surface area (Å²) in [6.07, 6.45) is -15.5. The molecule has 0 fully saturated rings. The number of methoxy groups -OCH3 is 3. The van der Waals surface area contributed by atoms with Gasteiger partial charge in [0.05, 0.1) is 27.9 Å². The molecule has 0 bridgehead atoms. The summed E-state index contributed by atoms with van der Waals surface area (Å²) < 4.78 is 310. The third-order valence-corrected chi connectivity index (χ3v) is 23.1. The van der Waals surface area contributed by atoms with E-state index in [2.05, 4.69) is 82.7 Å². The van der Waals surface area contributed by atoms with Gasteiger partial charge in [0.25, 0.3) is 26.7 Å². The molecule has 457 valence electrons. The van der Waals surface area contributed by atoms with Crippen LogP contribution < -0.4 is 31.1 Å². The molecule has 81 heavy (non-hydrogen) atoms. The van der Waals surface area contributed by atoms with Crippen molar-refractivity contribution in [3.8, 4) is 15.6 Å². The van der Waals surface area contributed by atoms with Gasteiger partial charge in [-0.25, -0.2) is 9.97 Å². The number of ketones is 1. The van der Waals surface area contributed by atoms with Crippen LogP contribution >= 0.6 is 62.8 Å².